The Morgan fingerprint density at radius 1 is 1.11 bits per heavy atom. The van der Waals surface area contributed by atoms with Gasteiger partial charge in [-0.1, -0.05) is 54.6 Å². The molecule has 2 aromatic carbocycles. The molecule has 0 atom stereocenters. The number of benzene rings is 2. The van der Waals surface area contributed by atoms with Gasteiger partial charge in [-0.3, -0.25) is 19.3 Å². The van der Waals surface area contributed by atoms with Crippen molar-refractivity contribution in [3.63, 3.8) is 0 Å². The van der Waals surface area contributed by atoms with Gasteiger partial charge < -0.3 is 5.32 Å². The number of hydrogen-bond donors (Lipinski definition) is 1. The number of aryl methyl sites for hydroxylation is 1. The van der Waals surface area contributed by atoms with Crippen LogP contribution in [0.4, 0.5) is 10.5 Å². The Balaban J connectivity index is 1.62. The van der Waals surface area contributed by atoms with Crippen molar-refractivity contribution in [2.75, 3.05) is 11.9 Å². The molecule has 5 nitrogen and oxygen atoms in total. The van der Waals surface area contributed by atoms with Crippen molar-refractivity contribution in [2.24, 2.45) is 0 Å². The minimum atomic E-state index is -0.456. The molecular formula is C21H18N2O3S. The molecule has 1 N–H and O–H groups in total. The largest absolute Gasteiger partial charge is 0.325 e. The van der Waals surface area contributed by atoms with E-state index in [1.54, 1.807) is 18.2 Å². The Hall–Kier alpha value is -3.12. The average Bonchev–Trinajstić information content (AvgIpc) is 2.90. The third kappa shape index (κ3) is 4.95. The Bertz CT molecular complexity index is 935. The quantitative estimate of drug-likeness (QED) is 0.791. The topological polar surface area (TPSA) is 66.5 Å². The highest BCUT2D eigenvalue weighted by Gasteiger charge is 2.35. The van der Waals surface area contributed by atoms with Crippen LogP contribution < -0.4 is 5.32 Å². The van der Waals surface area contributed by atoms with Crippen molar-refractivity contribution >= 4 is 40.6 Å². The fourth-order valence-electron chi connectivity index (χ4n) is 2.53. The van der Waals surface area contributed by atoms with Crippen LogP contribution in [0.1, 0.15) is 11.1 Å². The van der Waals surface area contributed by atoms with Crippen molar-refractivity contribution in [2.45, 2.75) is 6.92 Å². The zero-order valence-corrected chi connectivity index (χ0v) is 15.5. The molecule has 0 saturated carbocycles. The van der Waals surface area contributed by atoms with Gasteiger partial charge in [0.25, 0.3) is 11.1 Å². The molecule has 2 aromatic rings. The highest BCUT2D eigenvalue weighted by atomic mass is 32.2. The molecule has 136 valence electrons. The van der Waals surface area contributed by atoms with E-state index in [2.05, 4.69) is 5.32 Å². The molecule has 0 aliphatic carbocycles. The summed E-state index contributed by atoms with van der Waals surface area (Å²) < 4.78 is 0. The lowest BCUT2D eigenvalue weighted by Gasteiger charge is -2.12. The van der Waals surface area contributed by atoms with Crippen LogP contribution in [0.3, 0.4) is 0 Å². The van der Waals surface area contributed by atoms with Gasteiger partial charge in [0.05, 0.1) is 4.91 Å². The van der Waals surface area contributed by atoms with E-state index in [1.807, 2.05) is 61.5 Å². The number of carbonyl (C=O) groups is 3. The first kappa shape index (κ1) is 18.7. The first-order valence-corrected chi connectivity index (χ1v) is 9.18. The van der Waals surface area contributed by atoms with Gasteiger partial charge in [-0.15, -0.1) is 0 Å². The Kier molecular flexibility index (Phi) is 5.88. The fourth-order valence-corrected chi connectivity index (χ4v) is 3.32. The van der Waals surface area contributed by atoms with Crippen molar-refractivity contribution in [1.29, 1.82) is 0 Å². The Labute approximate surface area is 161 Å². The average molecular weight is 378 g/mol. The summed E-state index contributed by atoms with van der Waals surface area (Å²) >= 11 is 0.835. The number of carbonyl (C=O) groups excluding carboxylic acids is 3. The van der Waals surface area contributed by atoms with E-state index >= 15 is 0 Å². The van der Waals surface area contributed by atoms with Crippen LogP contribution in [0.2, 0.25) is 0 Å². The van der Waals surface area contributed by atoms with E-state index in [1.165, 1.54) is 0 Å². The first-order valence-electron chi connectivity index (χ1n) is 8.36. The molecule has 0 aromatic heterocycles. The summed E-state index contributed by atoms with van der Waals surface area (Å²) in [6, 6.07) is 16.9. The van der Waals surface area contributed by atoms with Gasteiger partial charge in [-0.05, 0) is 48.0 Å². The number of rotatable bonds is 5. The summed E-state index contributed by atoms with van der Waals surface area (Å²) in [5, 5.41) is 2.26. The number of hydrogen-bond acceptors (Lipinski definition) is 4. The van der Waals surface area contributed by atoms with Gasteiger partial charge in [-0.2, -0.15) is 0 Å². The summed E-state index contributed by atoms with van der Waals surface area (Å²) in [5.74, 6) is -0.869. The number of nitrogens with one attached hydrogen (secondary N) is 1. The van der Waals surface area contributed by atoms with Gasteiger partial charge in [0.2, 0.25) is 5.91 Å². The lowest BCUT2D eigenvalue weighted by Crippen LogP contribution is -2.36. The number of thioether (sulfide) groups is 1. The smallest absolute Gasteiger partial charge is 0.294 e. The summed E-state index contributed by atoms with van der Waals surface area (Å²) in [5.41, 5.74) is 2.63. The zero-order valence-electron chi connectivity index (χ0n) is 14.7. The van der Waals surface area contributed by atoms with Crippen LogP contribution in [0.25, 0.3) is 6.08 Å². The van der Waals surface area contributed by atoms with Crippen LogP contribution in [-0.2, 0) is 9.59 Å². The number of allylic oxidation sites excluding steroid dienone is 2. The van der Waals surface area contributed by atoms with Gasteiger partial charge in [0.15, 0.2) is 0 Å². The number of imide groups is 1. The second-order valence-corrected chi connectivity index (χ2v) is 6.97. The third-order valence-corrected chi connectivity index (χ3v) is 4.74. The molecule has 1 heterocycles. The van der Waals surface area contributed by atoms with Gasteiger partial charge in [-0.25, -0.2) is 0 Å². The molecule has 3 amide bonds. The molecule has 1 saturated heterocycles. The molecule has 3 rings (SSSR count). The van der Waals surface area contributed by atoms with Gasteiger partial charge >= 0.3 is 0 Å². The summed E-state index contributed by atoms with van der Waals surface area (Å²) in [7, 11) is 0. The molecule has 1 aliphatic heterocycles. The van der Waals surface area contributed by atoms with Crippen molar-refractivity contribution in [1.82, 2.24) is 4.90 Å². The SMILES string of the molecule is Cc1cccc(NC(=O)CN2C(=O)S/C(=C\C=C\c3ccccc3)C2=O)c1. The van der Waals surface area contributed by atoms with E-state index in [0.29, 0.717) is 10.6 Å². The predicted molar refractivity (Wildman–Crippen MR) is 108 cm³/mol. The maximum absolute atomic E-state index is 12.4. The van der Waals surface area contributed by atoms with Crippen LogP contribution in [0, 0.1) is 6.92 Å². The van der Waals surface area contributed by atoms with Crippen molar-refractivity contribution in [3.05, 3.63) is 82.8 Å². The van der Waals surface area contributed by atoms with Crippen LogP contribution in [0.15, 0.2) is 71.7 Å². The Morgan fingerprint density at radius 3 is 2.63 bits per heavy atom. The normalized spacial score (nSPS) is 15.7. The van der Waals surface area contributed by atoms with Crippen molar-refractivity contribution in [3.8, 4) is 0 Å². The van der Waals surface area contributed by atoms with Crippen molar-refractivity contribution < 1.29 is 14.4 Å². The van der Waals surface area contributed by atoms with Gasteiger partial charge in [0, 0.05) is 5.69 Å². The van der Waals surface area contributed by atoms with E-state index in [0.717, 1.165) is 27.8 Å². The second kappa shape index (κ2) is 8.51. The third-order valence-electron chi connectivity index (χ3n) is 3.81. The number of nitrogens with zero attached hydrogens (tertiary/aromatic N) is 1. The monoisotopic (exact) mass is 378 g/mol. The molecule has 0 radical (unpaired) electrons. The summed E-state index contributed by atoms with van der Waals surface area (Å²) in [6.45, 7) is 1.61. The summed E-state index contributed by atoms with van der Waals surface area (Å²) in [4.78, 5) is 37.9. The molecule has 0 unspecified atom stereocenters. The highest BCUT2D eigenvalue weighted by molar-refractivity contribution is 8.18. The molecule has 27 heavy (non-hydrogen) atoms. The zero-order chi connectivity index (χ0) is 19.2. The molecular weight excluding hydrogens is 360 g/mol. The van der Waals surface area contributed by atoms with Crippen LogP contribution in [-0.4, -0.2) is 28.5 Å². The summed E-state index contributed by atoms with van der Waals surface area (Å²) in [6.07, 6.45) is 5.16. The van der Waals surface area contributed by atoms with Gasteiger partial charge in [0.1, 0.15) is 6.54 Å². The lowest BCUT2D eigenvalue weighted by atomic mass is 10.2. The first-order chi connectivity index (χ1) is 13.0. The van der Waals surface area contributed by atoms with E-state index in [-0.39, 0.29) is 6.54 Å². The number of amides is 3. The lowest BCUT2D eigenvalue weighted by molar-refractivity contribution is -0.127. The van der Waals surface area contributed by atoms with E-state index in [4.69, 9.17) is 0 Å². The molecule has 0 spiro atoms. The molecule has 1 aliphatic rings. The number of anilines is 1. The molecule has 1 fully saturated rings. The maximum atomic E-state index is 12.4. The fraction of sp³-hybridized carbons (Fsp3) is 0.0952. The van der Waals surface area contributed by atoms with E-state index in [9.17, 15) is 14.4 Å². The Morgan fingerprint density at radius 2 is 1.89 bits per heavy atom. The highest BCUT2D eigenvalue weighted by Crippen LogP contribution is 2.30. The standard InChI is InChI=1S/C21H18N2O3S/c1-15-7-5-11-17(13-15)22-19(24)14-23-20(25)18(27-21(23)26)12-6-10-16-8-3-2-4-9-16/h2-13H,14H2,1H3,(H,22,24)/b10-6+,18-12-. The predicted octanol–water partition coefficient (Wildman–Crippen LogP) is 4.23. The maximum Gasteiger partial charge on any atom is 0.294 e. The van der Waals surface area contributed by atoms with Crippen LogP contribution in [0.5, 0.6) is 0 Å². The second-order valence-electron chi connectivity index (χ2n) is 5.98. The van der Waals surface area contributed by atoms with E-state index < -0.39 is 17.1 Å². The minimum Gasteiger partial charge on any atom is -0.325 e. The molecule has 0 bridgehead atoms. The molecule has 6 heteroatoms. The van der Waals surface area contributed by atoms with Crippen LogP contribution >= 0.6 is 11.8 Å². The minimum absolute atomic E-state index is 0.301.